The minimum atomic E-state index is -0.517. The summed E-state index contributed by atoms with van der Waals surface area (Å²) in [7, 11) is 0. The summed E-state index contributed by atoms with van der Waals surface area (Å²) in [5, 5.41) is 11.2. The van der Waals surface area contributed by atoms with E-state index in [1.807, 2.05) is 48.5 Å². The van der Waals surface area contributed by atoms with Gasteiger partial charge in [-0.3, -0.25) is 20.4 Å². The number of carbonyl (C=O) groups excluding carboxylic acids is 2. The van der Waals surface area contributed by atoms with Crippen molar-refractivity contribution < 1.29 is 14.3 Å². The van der Waals surface area contributed by atoms with Gasteiger partial charge in [-0.15, -0.1) is 11.8 Å². The standard InChI is InChI=1S/C21H17N3O3S/c22-12-17-7-3-4-8-19(17)27-13-20(25)23-24-21(26)14-28-18-10-9-15-5-1-2-6-16(15)11-18/h1-11H,13-14H2,(H,23,25)(H,24,26). The molecular formula is C21H17N3O3S. The third-order valence-electron chi connectivity index (χ3n) is 3.80. The third kappa shape index (κ3) is 5.25. The number of hydrogen-bond acceptors (Lipinski definition) is 5. The van der Waals surface area contributed by atoms with Crippen molar-refractivity contribution in [1.82, 2.24) is 10.9 Å². The fourth-order valence-corrected chi connectivity index (χ4v) is 3.19. The van der Waals surface area contributed by atoms with Crippen molar-refractivity contribution in [3.05, 3.63) is 72.3 Å². The maximum Gasteiger partial charge on any atom is 0.276 e. The summed E-state index contributed by atoms with van der Waals surface area (Å²) in [6.07, 6.45) is 0. The maximum absolute atomic E-state index is 11.9. The highest BCUT2D eigenvalue weighted by Gasteiger charge is 2.08. The third-order valence-corrected chi connectivity index (χ3v) is 4.79. The molecule has 0 aliphatic heterocycles. The van der Waals surface area contributed by atoms with Gasteiger partial charge >= 0.3 is 0 Å². The Labute approximate surface area is 166 Å². The van der Waals surface area contributed by atoms with Crippen LogP contribution < -0.4 is 15.6 Å². The average Bonchev–Trinajstić information content (AvgIpc) is 2.74. The first kappa shape index (κ1) is 19.3. The molecule has 140 valence electrons. The zero-order valence-corrected chi connectivity index (χ0v) is 15.7. The molecule has 3 rings (SSSR count). The Kier molecular flexibility index (Phi) is 6.50. The average molecular weight is 391 g/mol. The number of benzene rings is 3. The molecule has 0 spiro atoms. The lowest BCUT2D eigenvalue weighted by molar-refractivity contribution is -0.128. The summed E-state index contributed by atoms with van der Waals surface area (Å²) in [5.74, 6) is -0.365. The fourth-order valence-electron chi connectivity index (χ4n) is 2.45. The maximum atomic E-state index is 11.9. The van der Waals surface area contributed by atoms with Crippen molar-refractivity contribution >= 4 is 34.3 Å². The summed E-state index contributed by atoms with van der Waals surface area (Å²) >= 11 is 1.38. The van der Waals surface area contributed by atoms with Crippen molar-refractivity contribution in [1.29, 1.82) is 5.26 Å². The lowest BCUT2D eigenvalue weighted by atomic mass is 10.1. The number of ether oxygens (including phenoxy) is 1. The smallest absolute Gasteiger partial charge is 0.276 e. The van der Waals surface area contributed by atoms with Gasteiger partial charge < -0.3 is 4.74 Å². The molecule has 0 bridgehead atoms. The molecule has 28 heavy (non-hydrogen) atoms. The van der Waals surface area contributed by atoms with Gasteiger partial charge in [0.2, 0.25) is 5.91 Å². The van der Waals surface area contributed by atoms with E-state index < -0.39 is 5.91 Å². The molecule has 7 heteroatoms. The van der Waals surface area contributed by atoms with Gasteiger partial charge in [-0.05, 0) is 35.0 Å². The summed E-state index contributed by atoms with van der Waals surface area (Å²) in [5.41, 5.74) is 4.99. The van der Waals surface area contributed by atoms with Crippen molar-refractivity contribution in [3.8, 4) is 11.8 Å². The molecule has 3 aromatic rings. The second-order valence-corrected chi connectivity index (χ2v) is 6.84. The predicted octanol–water partition coefficient (Wildman–Crippen LogP) is 3.03. The summed E-state index contributed by atoms with van der Waals surface area (Å²) < 4.78 is 5.30. The summed E-state index contributed by atoms with van der Waals surface area (Å²) in [4.78, 5) is 24.7. The van der Waals surface area contributed by atoms with Gasteiger partial charge in [0.1, 0.15) is 11.8 Å². The van der Waals surface area contributed by atoms with Crippen molar-refractivity contribution in [2.24, 2.45) is 0 Å². The molecule has 0 unspecified atom stereocenters. The van der Waals surface area contributed by atoms with Crippen LogP contribution in [0.15, 0.2) is 71.6 Å². The Morgan fingerprint density at radius 2 is 1.64 bits per heavy atom. The largest absolute Gasteiger partial charge is 0.482 e. The molecule has 2 amide bonds. The zero-order valence-electron chi connectivity index (χ0n) is 14.8. The summed E-state index contributed by atoms with van der Waals surface area (Å²) in [6.45, 7) is -0.309. The minimum absolute atomic E-state index is 0.163. The highest BCUT2D eigenvalue weighted by Crippen LogP contribution is 2.23. The zero-order chi connectivity index (χ0) is 19.8. The minimum Gasteiger partial charge on any atom is -0.482 e. The number of nitriles is 1. The lowest BCUT2D eigenvalue weighted by Gasteiger charge is -2.09. The number of para-hydroxylation sites is 1. The van der Waals surface area contributed by atoms with E-state index >= 15 is 0 Å². The SMILES string of the molecule is N#Cc1ccccc1OCC(=O)NNC(=O)CSc1ccc2ccccc2c1. The molecule has 3 aromatic carbocycles. The first-order valence-electron chi connectivity index (χ1n) is 8.47. The Morgan fingerprint density at radius 3 is 2.46 bits per heavy atom. The van der Waals surface area contributed by atoms with E-state index in [9.17, 15) is 9.59 Å². The predicted molar refractivity (Wildman–Crippen MR) is 108 cm³/mol. The van der Waals surface area contributed by atoms with Gasteiger partial charge in [-0.2, -0.15) is 5.26 Å². The molecule has 0 saturated carbocycles. The van der Waals surface area contributed by atoms with Crippen LogP contribution in [-0.4, -0.2) is 24.2 Å². The normalized spacial score (nSPS) is 10.1. The Bertz CT molecular complexity index is 1050. The van der Waals surface area contributed by atoms with Crippen molar-refractivity contribution in [3.63, 3.8) is 0 Å². The van der Waals surface area contributed by atoms with Crippen LogP contribution >= 0.6 is 11.8 Å². The number of amides is 2. The van der Waals surface area contributed by atoms with Crippen LogP contribution in [0.1, 0.15) is 5.56 Å². The Balaban J connectivity index is 1.42. The van der Waals surface area contributed by atoms with Crippen LogP contribution in [0, 0.1) is 11.3 Å². The molecule has 6 nitrogen and oxygen atoms in total. The number of carbonyl (C=O) groups is 2. The van der Waals surface area contributed by atoms with Crippen LogP contribution in [-0.2, 0) is 9.59 Å². The van der Waals surface area contributed by atoms with Crippen molar-refractivity contribution in [2.45, 2.75) is 4.90 Å². The topological polar surface area (TPSA) is 91.2 Å². The number of nitrogens with zero attached hydrogens (tertiary/aromatic N) is 1. The second-order valence-electron chi connectivity index (χ2n) is 5.79. The summed E-state index contributed by atoms with van der Waals surface area (Å²) in [6, 6.07) is 22.6. The number of nitrogens with one attached hydrogen (secondary N) is 2. The molecular weight excluding hydrogens is 374 g/mol. The number of hydrazine groups is 1. The van der Waals surface area contributed by atoms with Crippen LogP contribution in [0.4, 0.5) is 0 Å². The molecule has 0 saturated heterocycles. The van der Waals surface area contributed by atoms with Crippen molar-refractivity contribution in [2.75, 3.05) is 12.4 Å². The molecule has 0 heterocycles. The van der Waals surface area contributed by atoms with Gasteiger partial charge in [0.05, 0.1) is 11.3 Å². The van der Waals surface area contributed by atoms with Crippen LogP contribution in [0.2, 0.25) is 0 Å². The fraction of sp³-hybridized carbons (Fsp3) is 0.0952. The first-order chi connectivity index (χ1) is 13.7. The first-order valence-corrected chi connectivity index (χ1v) is 9.45. The van der Waals surface area contributed by atoms with Crippen LogP contribution in [0.3, 0.4) is 0 Å². The molecule has 0 aromatic heterocycles. The highest BCUT2D eigenvalue weighted by atomic mass is 32.2. The molecule has 0 aliphatic carbocycles. The molecule has 2 N–H and O–H groups in total. The molecule has 0 fully saturated rings. The van der Waals surface area contributed by atoms with Gasteiger partial charge in [0.25, 0.3) is 5.91 Å². The van der Waals surface area contributed by atoms with Gasteiger partial charge in [0, 0.05) is 4.90 Å². The second kappa shape index (κ2) is 9.44. The van der Waals surface area contributed by atoms with Gasteiger partial charge in [-0.25, -0.2) is 0 Å². The quantitative estimate of drug-likeness (QED) is 0.498. The Hall–Kier alpha value is -3.50. The molecule has 0 aliphatic rings. The number of thioether (sulfide) groups is 1. The lowest BCUT2D eigenvalue weighted by Crippen LogP contribution is -2.44. The van der Waals surface area contributed by atoms with E-state index in [1.54, 1.807) is 24.3 Å². The van der Waals surface area contributed by atoms with E-state index in [1.165, 1.54) is 11.8 Å². The van der Waals surface area contributed by atoms with E-state index in [0.717, 1.165) is 15.7 Å². The van der Waals surface area contributed by atoms with E-state index in [4.69, 9.17) is 10.00 Å². The van der Waals surface area contributed by atoms with E-state index in [2.05, 4.69) is 10.9 Å². The molecule has 0 radical (unpaired) electrons. The van der Waals surface area contributed by atoms with Crippen LogP contribution in [0.5, 0.6) is 5.75 Å². The van der Waals surface area contributed by atoms with Crippen LogP contribution in [0.25, 0.3) is 10.8 Å². The van der Waals surface area contributed by atoms with E-state index in [-0.39, 0.29) is 18.3 Å². The molecule has 0 atom stereocenters. The number of rotatable bonds is 6. The highest BCUT2D eigenvalue weighted by molar-refractivity contribution is 8.00. The van der Waals surface area contributed by atoms with E-state index in [0.29, 0.717) is 11.3 Å². The van der Waals surface area contributed by atoms with Gasteiger partial charge in [0.15, 0.2) is 6.61 Å². The Morgan fingerprint density at radius 1 is 0.929 bits per heavy atom. The number of fused-ring (bicyclic) bond motifs is 1. The monoisotopic (exact) mass is 391 g/mol. The van der Waals surface area contributed by atoms with Gasteiger partial charge in [-0.1, -0.05) is 42.5 Å². The number of hydrogen-bond donors (Lipinski definition) is 2.